The Morgan fingerprint density at radius 3 is 2.64 bits per heavy atom. The number of likely N-dealkylation sites (N-methyl/N-ethyl adjacent to an activating group) is 1. The van der Waals surface area contributed by atoms with E-state index in [-0.39, 0.29) is 11.8 Å². The van der Waals surface area contributed by atoms with Crippen LogP contribution < -0.4 is 5.23 Å². The Morgan fingerprint density at radius 2 is 2.36 bits per heavy atom. The maximum absolute atomic E-state index is 11.0. The van der Waals surface area contributed by atoms with Gasteiger partial charge in [0.1, 0.15) is 5.78 Å². The molecular formula is C7H15BN2O. The van der Waals surface area contributed by atoms with Crippen molar-refractivity contribution in [2.75, 3.05) is 13.6 Å². The molecule has 3 nitrogen and oxygen atoms in total. The van der Waals surface area contributed by atoms with Crippen LogP contribution in [-0.4, -0.2) is 44.3 Å². The van der Waals surface area contributed by atoms with Gasteiger partial charge in [-0.3, -0.25) is 9.69 Å². The largest absolute Gasteiger partial charge is 0.358 e. The second-order valence-electron chi connectivity index (χ2n) is 3.29. The quantitative estimate of drug-likeness (QED) is 0.506. The second kappa shape index (κ2) is 3.37. The van der Waals surface area contributed by atoms with Gasteiger partial charge in [-0.2, -0.15) is 0 Å². The summed E-state index contributed by atoms with van der Waals surface area (Å²) in [6.07, 6.45) is 0.961. The van der Waals surface area contributed by atoms with E-state index in [0.29, 0.717) is 6.04 Å². The molecule has 0 aromatic rings. The van der Waals surface area contributed by atoms with Crippen molar-refractivity contribution in [2.24, 2.45) is 0 Å². The molecule has 0 saturated carbocycles. The van der Waals surface area contributed by atoms with Gasteiger partial charge in [-0.1, -0.05) is 0 Å². The third-order valence-corrected chi connectivity index (χ3v) is 2.43. The number of nitrogens with one attached hydrogen (secondary N) is 1. The first-order valence-electron chi connectivity index (χ1n) is 4.03. The molecule has 1 N–H and O–H groups in total. The number of nitrogens with zero attached hydrogens (tertiary/aromatic N) is 1. The van der Waals surface area contributed by atoms with Gasteiger partial charge in [-0.25, -0.2) is 0 Å². The average Bonchev–Trinajstić information content (AvgIpc) is 2.30. The Kier molecular flexibility index (Phi) is 2.68. The maximum Gasteiger partial charge on any atom is 0.182 e. The van der Waals surface area contributed by atoms with Crippen molar-refractivity contribution >= 4 is 13.8 Å². The second-order valence-corrected chi connectivity index (χ2v) is 3.29. The lowest BCUT2D eigenvalue weighted by Crippen LogP contribution is -2.31. The summed E-state index contributed by atoms with van der Waals surface area (Å²) >= 11 is 0. The van der Waals surface area contributed by atoms with Crippen LogP contribution in [0, 0.1) is 0 Å². The molecule has 1 heterocycles. The van der Waals surface area contributed by atoms with Gasteiger partial charge in [0.25, 0.3) is 0 Å². The minimum atomic E-state index is 0.146. The molecule has 2 unspecified atom stereocenters. The number of carbonyl (C=O) groups is 1. The maximum atomic E-state index is 11.0. The highest BCUT2D eigenvalue weighted by atomic mass is 16.1. The molecule has 0 radical (unpaired) electrons. The Balaban J connectivity index is 2.51. The van der Waals surface area contributed by atoms with Crippen molar-refractivity contribution in [3.05, 3.63) is 0 Å². The zero-order chi connectivity index (χ0) is 8.43. The molecule has 1 saturated heterocycles. The highest BCUT2D eigenvalue weighted by molar-refractivity contribution is 6.04. The lowest BCUT2D eigenvalue weighted by molar-refractivity contribution is -0.120. The Bertz CT molecular complexity index is 163. The molecular weight excluding hydrogens is 139 g/mol. The lowest BCUT2D eigenvalue weighted by Gasteiger charge is -2.14. The summed E-state index contributed by atoms with van der Waals surface area (Å²) in [6, 6.07) is 0.640. The fraction of sp³-hybridized carbons (Fsp3) is 0.857. The van der Waals surface area contributed by atoms with E-state index in [0.717, 1.165) is 13.0 Å². The number of likely N-dealkylation sites (tertiary alicyclic amines) is 1. The first-order valence-corrected chi connectivity index (χ1v) is 4.03. The Hall–Kier alpha value is -0.345. The lowest BCUT2D eigenvalue weighted by atomic mass is 10.1. The van der Waals surface area contributed by atoms with Crippen LogP contribution in [0.3, 0.4) is 0 Å². The average molecular weight is 154 g/mol. The minimum absolute atomic E-state index is 0.146. The van der Waals surface area contributed by atoms with Crippen LogP contribution in [0.2, 0.25) is 0 Å². The standard InChI is InChI=1S/C7H15BN2O/c1-5(11)7-3-6(9-8)4-10(7)2/h6-7,9H,3-4,8H2,1-2H3. The molecule has 0 aromatic carbocycles. The van der Waals surface area contributed by atoms with E-state index < -0.39 is 0 Å². The van der Waals surface area contributed by atoms with Gasteiger partial charge in [0.2, 0.25) is 0 Å². The molecule has 4 heteroatoms. The third kappa shape index (κ3) is 1.82. The predicted molar refractivity (Wildman–Crippen MR) is 47.2 cm³/mol. The summed E-state index contributed by atoms with van der Waals surface area (Å²) < 4.78 is 0. The monoisotopic (exact) mass is 154 g/mol. The van der Waals surface area contributed by atoms with Crippen LogP contribution >= 0.6 is 0 Å². The summed E-state index contributed by atoms with van der Waals surface area (Å²) in [4.78, 5) is 13.2. The van der Waals surface area contributed by atoms with Crippen LogP contribution in [0.25, 0.3) is 0 Å². The van der Waals surface area contributed by atoms with E-state index in [2.05, 4.69) is 10.1 Å². The van der Waals surface area contributed by atoms with E-state index in [1.54, 1.807) is 6.92 Å². The van der Waals surface area contributed by atoms with Crippen molar-refractivity contribution in [1.29, 1.82) is 0 Å². The summed E-state index contributed by atoms with van der Waals surface area (Å²) in [5.74, 6) is 0.283. The van der Waals surface area contributed by atoms with Gasteiger partial charge < -0.3 is 5.23 Å². The van der Waals surface area contributed by atoms with E-state index in [4.69, 9.17) is 0 Å². The van der Waals surface area contributed by atoms with Gasteiger partial charge in [0, 0.05) is 12.6 Å². The number of hydrogen-bond acceptors (Lipinski definition) is 3. The molecule has 1 aliphatic rings. The first-order chi connectivity index (χ1) is 5.15. The van der Waals surface area contributed by atoms with Crippen LogP contribution in [0.4, 0.5) is 0 Å². The molecule has 1 rings (SSSR count). The Labute approximate surface area is 68.6 Å². The zero-order valence-electron chi connectivity index (χ0n) is 7.42. The molecule has 0 amide bonds. The van der Waals surface area contributed by atoms with Gasteiger partial charge in [-0.15, -0.1) is 0 Å². The number of Topliss-reactive ketones (excluding diaryl/α,β-unsaturated/α-hetero) is 1. The van der Waals surface area contributed by atoms with Gasteiger partial charge in [0.05, 0.1) is 6.04 Å². The molecule has 0 aromatic heterocycles. The Morgan fingerprint density at radius 1 is 1.73 bits per heavy atom. The summed E-state index contributed by atoms with van der Waals surface area (Å²) in [7, 11) is 3.95. The molecule has 0 aliphatic carbocycles. The number of hydrogen-bond donors (Lipinski definition) is 1. The van der Waals surface area contributed by atoms with E-state index >= 15 is 0 Å². The van der Waals surface area contributed by atoms with E-state index in [1.807, 2.05) is 15.0 Å². The molecule has 1 aliphatic heterocycles. The molecule has 62 valence electrons. The van der Waals surface area contributed by atoms with Crippen molar-refractivity contribution < 1.29 is 4.79 Å². The first kappa shape index (κ1) is 8.75. The van der Waals surface area contributed by atoms with Crippen LogP contribution in [0.15, 0.2) is 0 Å². The predicted octanol–water partition coefficient (Wildman–Crippen LogP) is -1.21. The number of carbonyl (C=O) groups excluding carboxylic acids is 1. The normalized spacial score (nSPS) is 32.5. The van der Waals surface area contributed by atoms with Crippen LogP contribution in [0.1, 0.15) is 13.3 Å². The number of rotatable bonds is 2. The van der Waals surface area contributed by atoms with E-state index in [1.165, 1.54) is 0 Å². The van der Waals surface area contributed by atoms with E-state index in [9.17, 15) is 4.79 Å². The summed E-state index contributed by atoms with van der Waals surface area (Å²) in [6.45, 7) is 2.65. The van der Waals surface area contributed by atoms with Crippen LogP contribution in [0.5, 0.6) is 0 Å². The third-order valence-electron chi connectivity index (χ3n) is 2.43. The number of ketones is 1. The van der Waals surface area contributed by atoms with Crippen molar-refractivity contribution in [3.63, 3.8) is 0 Å². The smallest absolute Gasteiger partial charge is 0.182 e. The van der Waals surface area contributed by atoms with Crippen molar-refractivity contribution in [2.45, 2.75) is 25.4 Å². The molecule has 11 heavy (non-hydrogen) atoms. The summed E-state index contributed by atoms with van der Waals surface area (Å²) in [5.41, 5.74) is 0. The molecule has 2 atom stereocenters. The highest BCUT2D eigenvalue weighted by Crippen LogP contribution is 2.15. The van der Waals surface area contributed by atoms with Crippen molar-refractivity contribution in [1.82, 2.24) is 10.1 Å². The zero-order valence-corrected chi connectivity index (χ0v) is 7.42. The van der Waals surface area contributed by atoms with Gasteiger partial charge in [0.15, 0.2) is 7.98 Å². The highest BCUT2D eigenvalue weighted by Gasteiger charge is 2.30. The van der Waals surface area contributed by atoms with Gasteiger partial charge >= 0.3 is 0 Å². The molecule has 1 fully saturated rings. The van der Waals surface area contributed by atoms with Crippen LogP contribution in [-0.2, 0) is 4.79 Å². The summed E-state index contributed by atoms with van der Waals surface area (Å²) in [5, 5.41) is 3.19. The topological polar surface area (TPSA) is 32.3 Å². The molecule has 0 bridgehead atoms. The fourth-order valence-corrected chi connectivity index (χ4v) is 1.68. The minimum Gasteiger partial charge on any atom is -0.358 e. The van der Waals surface area contributed by atoms with Gasteiger partial charge in [-0.05, 0) is 20.4 Å². The van der Waals surface area contributed by atoms with Crippen molar-refractivity contribution in [3.8, 4) is 0 Å². The fourth-order valence-electron chi connectivity index (χ4n) is 1.68. The molecule has 0 spiro atoms. The SMILES string of the molecule is BNC1CC(C(C)=O)N(C)C1.